The van der Waals surface area contributed by atoms with E-state index >= 15 is 0 Å². The van der Waals surface area contributed by atoms with E-state index in [0.29, 0.717) is 40.9 Å². The first-order chi connectivity index (χ1) is 14.1. The van der Waals surface area contributed by atoms with Crippen molar-refractivity contribution < 1.29 is 9.47 Å². The molecule has 3 rings (SSSR count). The van der Waals surface area contributed by atoms with Gasteiger partial charge in [0.1, 0.15) is 0 Å². The van der Waals surface area contributed by atoms with Gasteiger partial charge in [-0.2, -0.15) is 14.9 Å². The summed E-state index contributed by atoms with van der Waals surface area (Å²) in [5, 5.41) is 12.1. The second kappa shape index (κ2) is 10.2. The predicted octanol–water partition coefficient (Wildman–Crippen LogP) is 5.25. The van der Waals surface area contributed by atoms with Crippen LogP contribution in [-0.2, 0) is 6.42 Å². The summed E-state index contributed by atoms with van der Waals surface area (Å²) in [5.74, 6) is 1.86. The number of hydrogen-bond acceptors (Lipinski definition) is 5. The zero-order chi connectivity index (χ0) is 20.6. The molecule has 0 spiro atoms. The van der Waals surface area contributed by atoms with Gasteiger partial charge in [-0.3, -0.25) is 5.10 Å². The van der Waals surface area contributed by atoms with Crippen molar-refractivity contribution in [1.82, 2.24) is 14.9 Å². The van der Waals surface area contributed by atoms with Crippen LogP contribution in [0.4, 0.5) is 0 Å². The molecule has 2 aromatic carbocycles. The van der Waals surface area contributed by atoms with Gasteiger partial charge in [0.25, 0.3) is 0 Å². The molecule has 0 radical (unpaired) electrons. The van der Waals surface area contributed by atoms with Crippen molar-refractivity contribution in [2.45, 2.75) is 26.7 Å². The van der Waals surface area contributed by atoms with E-state index in [1.807, 2.05) is 50.2 Å². The minimum Gasteiger partial charge on any atom is -0.490 e. The average Bonchev–Trinajstić information content (AvgIpc) is 3.06. The maximum absolute atomic E-state index is 6.42. The minimum absolute atomic E-state index is 0.422. The molecule has 0 unspecified atom stereocenters. The minimum atomic E-state index is 0.422. The normalized spacial score (nSPS) is 11.1. The molecule has 1 aromatic heterocycles. The summed E-state index contributed by atoms with van der Waals surface area (Å²) in [7, 11) is 0. The number of nitrogens with one attached hydrogen (secondary N) is 1. The van der Waals surface area contributed by atoms with Gasteiger partial charge < -0.3 is 9.47 Å². The smallest absolute Gasteiger partial charge is 0.216 e. The lowest BCUT2D eigenvalue weighted by atomic mass is 10.1. The zero-order valence-electron chi connectivity index (χ0n) is 16.4. The van der Waals surface area contributed by atoms with Gasteiger partial charge in [0.2, 0.25) is 4.77 Å². The van der Waals surface area contributed by atoms with Crippen molar-refractivity contribution in [1.29, 1.82) is 0 Å². The average molecular weight is 431 g/mol. The monoisotopic (exact) mass is 430 g/mol. The standard InChI is InChI=1S/C21H23ClN4O2S/c1-3-10-28-20-17(22)11-16(12-18(20)27-4-2)14-23-26-19(24-25-21(26)29)13-15-8-6-5-7-9-15/h5-9,11-12,14H,3-4,10,13H2,1-2H3,(H,25,29)/b23-14-. The molecular weight excluding hydrogens is 408 g/mol. The van der Waals surface area contributed by atoms with Crippen molar-refractivity contribution in [3.63, 3.8) is 0 Å². The molecule has 0 atom stereocenters. The van der Waals surface area contributed by atoms with Crippen LogP contribution in [0.3, 0.4) is 0 Å². The third-order valence-corrected chi connectivity index (χ3v) is 4.57. The van der Waals surface area contributed by atoms with E-state index in [4.69, 9.17) is 33.3 Å². The van der Waals surface area contributed by atoms with Crippen molar-refractivity contribution in [3.8, 4) is 11.5 Å². The van der Waals surface area contributed by atoms with E-state index in [1.165, 1.54) is 0 Å². The van der Waals surface area contributed by atoms with E-state index in [1.54, 1.807) is 17.0 Å². The number of ether oxygens (including phenoxy) is 2. The summed E-state index contributed by atoms with van der Waals surface area (Å²) < 4.78 is 13.5. The van der Waals surface area contributed by atoms with E-state index in [0.717, 1.165) is 23.4 Å². The largest absolute Gasteiger partial charge is 0.490 e. The van der Waals surface area contributed by atoms with E-state index in [-0.39, 0.29) is 0 Å². The maximum atomic E-state index is 6.42. The van der Waals surface area contributed by atoms with Gasteiger partial charge in [-0.05, 0) is 48.8 Å². The predicted molar refractivity (Wildman–Crippen MR) is 118 cm³/mol. The fourth-order valence-electron chi connectivity index (χ4n) is 2.73. The number of H-pyrrole nitrogens is 1. The maximum Gasteiger partial charge on any atom is 0.216 e. The Balaban J connectivity index is 1.88. The highest BCUT2D eigenvalue weighted by molar-refractivity contribution is 7.71. The summed E-state index contributed by atoms with van der Waals surface area (Å²) in [6.07, 6.45) is 3.17. The Hall–Kier alpha value is -2.64. The molecular formula is C21H23ClN4O2S. The second-order valence-corrected chi connectivity index (χ2v) is 7.07. The molecule has 0 aliphatic heterocycles. The molecule has 3 aromatic rings. The molecule has 0 fully saturated rings. The van der Waals surface area contributed by atoms with Gasteiger partial charge in [-0.25, -0.2) is 0 Å². The molecule has 0 aliphatic rings. The summed E-state index contributed by atoms with van der Waals surface area (Å²) in [6, 6.07) is 13.7. The lowest BCUT2D eigenvalue weighted by molar-refractivity contribution is 0.277. The zero-order valence-corrected chi connectivity index (χ0v) is 18.0. The molecule has 1 heterocycles. The van der Waals surface area contributed by atoms with Crippen molar-refractivity contribution >= 4 is 30.0 Å². The molecule has 1 N–H and O–H groups in total. The van der Waals surface area contributed by atoms with Gasteiger partial charge in [0.15, 0.2) is 17.3 Å². The first-order valence-electron chi connectivity index (χ1n) is 9.46. The Morgan fingerprint density at radius 3 is 2.72 bits per heavy atom. The van der Waals surface area contributed by atoms with Crippen LogP contribution in [0.25, 0.3) is 0 Å². The molecule has 8 heteroatoms. The quantitative estimate of drug-likeness (QED) is 0.371. The van der Waals surface area contributed by atoms with Crippen molar-refractivity contribution in [3.05, 3.63) is 69.2 Å². The number of hydrogen-bond donors (Lipinski definition) is 1. The lowest BCUT2D eigenvalue weighted by Crippen LogP contribution is -2.03. The third kappa shape index (κ3) is 5.46. The molecule has 0 aliphatic carbocycles. The summed E-state index contributed by atoms with van der Waals surface area (Å²) in [4.78, 5) is 0. The SMILES string of the molecule is CCCOc1c(Cl)cc(/C=N\n2c(Cc3ccccc3)n[nH]c2=S)cc1OCC. The van der Waals surface area contributed by atoms with Crippen LogP contribution in [-0.4, -0.2) is 34.3 Å². The highest BCUT2D eigenvalue weighted by Gasteiger charge is 2.12. The van der Waals surface area contributed by atoms with Crippen LogP contribution in [0.15, 0.2) is 47.6 Å². The molecule has 0 bridgehead atoms. The lowest BCUT2D eigenvalue weighted by Gasteiger charge is -2.13. The number of aromatic amines is 1. The molecule has 0 saturated heterocycles. The summed E-state index contributed by atoms with van der Waals surface area (Å²) in [6.45, 7) is 5.03. The van der Waals surface area contributed by atoms with Gasteiger partial charge in [0.05, 0.1) is 24.5 Å². The highest BCUT2D eigenvalue weighted by Crippen LogP contribution is 2.36. The van der Waals surface area contributed by atoms with Gasteiger partial charge >= 0.3 is 0 Å². The molecule has 152 valence electrons. The van der Waals surface area contributed by atoms with Gasteiger partial charge in [-0.1, -0.05) is 48.9 Å². The number of benzene rings is 2. The second-order valence-electron chi connectivity index (χ2n) is 6.28. The topological polar surface area (TPSA) is 64.4 Å². The van der Waals surface area contributed by atoms with Crippen LogP contribution in [0, 0.1) is 4.77 Å². The van der Waals surface area contributed by atoms with Crippen molar-refractivity contribution in [2.75, 3.05) is 13.2 Å². The number of rotatable bonds is 9. The Kier molecular flexibility index (Phi) is 7.43. The number of aromatic nitrogens is 3. The summed E-state index contributed by atoms with van der Waals surface area (Å²) in [5.41, 5.74) is 1.90. The first kappa shape index (κ1) is 21.1. The number of halogens is 1. The Bertz CT molecular complexity index is 1030. The van der Waals surface area contributed by atoms with Gasteiger partial charge in [0, 0.05) is 6.42 Å². The molecule has 29 heavy (non-hydrogen) atoms. The van der Waals surface area contributed by atoms with Gasteiger partial charge in [-0.15, -0.1) is 0 Å². The molecule has 0 saturated carbocycles. The van der Waals surface area contributed by atoms with E-state index < -0.39 is 0 Å². The first-order valence-corrected chi connectivity index (χ1v) is 10.2. The Labute approximate surface area is 180 Å². The van der Waals surface area contributed by atoms with E-state index in [9.17, 15) is 0 Å². The van der Waals surface area contributed by atoms with Crippen LogP contribution in [0.1, 0.15) is 37.2 Å². The summed E-state index contributed by atoms with van der Waals surface area (Å²) >= 11 is 11.8. The highest BCUT2D eigenvalue weighted by atomic mass is 35.5. The third-order valence-electron chi connectivity index (χ3n) is 4.03. The van der Waals surface area contributed by atoms with Crippen LogP contribution < -0.4 is 9.47 Å². The number of nitrogens with zero attached hydrogens (tertiary/aromatic N) is 3. The van der Waals surface area contributed by atoms with Crippen LogP contribution in [0.2, 0.25) is 5.02 Å². The van der Waals surface area contributed by atoms with Crippen LogP contribution in [0.5, 0.6) is 11.5 Å². The Morgan fingerprint density at radius 2 is 2.00 bits per heavy atom. The Morgan fingerprint density at radius 1 is 1.21 bits per heavy atom. The van der Waals surface area contributed by atoms with E-state index in [2.05, 4.69) is 15.3 Å². The fraction of sp³-hybridized carbons (Fsp3) is 0.286. The van der Waals surface area contributed by atoms with Crippen molar-refractivity contribution in [2.24, 2.45) is 5.10 Å². The molecule has 0 amide bonds. The van der Waals surface area contributed by atoms with Crippen LogP contribution >= 0.6 is 23.8 Å². The molecule has 6 nitrogen and oxygen atoms in total. The fourth-order valence-corrected chi connectivity index (χ4v) is 3.20.